The predicted molar refractivity (Wildman–Crippen MR) is 70.6 cm³/mol. The van der Waals surface area contributed by atoms with Crippen LogP contribution in [0.2, 0.25) is 0 Å². The summed E-state index contributed by atoms with van der Waals surface area (Å²) in [6, 6.07) is 9.98. The van der Waals surface area contributed by atoms with Crippen LogP contribution in [0.1, 0.15) is 25.3 Å². The van der Waals surface area contributed by atoms with E-state index in [0.29, 0.717) is 19.4 Å². The summed E-state index contributed by atoms with van der Waals surface area (Å²) >= 11 is 0. The molecule has 2 rings (SSSR count). The van der Waals surface area contributed by atoms with E-state index in [2.05, 4.69) is 0 Å². The molecule has 3 atom stereocenters. The first-order valence-corrected chi connectivity index (χ1v) is 6.48. The summed E-state index contributed by atoms with van der Waals surface area (Å²) in [5, 5.41) is 0. The van der Waals surface area contributed by atoms with Crippen molar-refractivity contribution in [3.8, 4) is 0 Å². The number of methoxy groups -OCH3 is 1. The highest BCUT2D eigenvalue weighted by Gasteiger charge is 2.38. The fraction of sp³-hybridized carbons (Fsp3) is 0.533. The molecule has 1 heterocycles. The lowest BCUT2D eigenvalue weighted by atomic mass is 9.94. The summed E-state index contributed by atoms with van der Waals surface area (Å²) in [6.07, 6.45) is 1.62. The number of ether oxygens (including phenoxy) is 3. The van der Waals surface area contributed by atoms with Crippen molar-refractivity contribution in [3.63, 3.8) is 0 Å². The van der Waals surface area contributed by atoms with Crippen LogP contribution in [0, 0.1) is 0 Å². The average Bonchev–Trinajstić information content (AvgIpc) is 2.46. The van der Waals surface area contributed by atoms with Crippen molar-refractivity contribution in [1.29, 1.82) is 0 Å². The Balaban J connectivity index is 1.94. The second kappa shape index (κ2) is 6.28. The molecule has 0 N–H and O–H groups in total. The summed E-state index contributed by atoms with van der Waals surface area (Å²) in [5.74, 6) is 0. The highest BCUT2D eigenvalue weighted by atomic mass is 16.7. The number of hydrogen-bond acceptors (Lipinski definition) is 4. The predicted octanol–water partition coefficient (Wildman–Crippen LogP) is 2.31. The molecule has 0 spiro atoms. The Morgan fingerprint density at radius 3 is 2.79 bits per heavy atom. The summed E-state index contributed by atoms with van der Waals surface area (Å²) in [5.41, 5.74) is 0.302. The second-order valence-corrected chi connectivity index (χ2v) is 5.07. The largest absolute Gasteiger partial charge is 0.373 e. The molecule has 1 aliphatic heterocycles. The third-order valence-electron chi connectivity index (χ3n) is 3.33. The molecule has 0 aliphatic carbocycles. The van der Waals surface area contributed by atoms with Crippen molar-refractivity contribution >= 4 is 6.29 Å². The Morgan fingerprint density at radius 1 is 1.42 bits per heavy atom. The van der Waals surface area contributed by atoms with Crippen molar-refractivity contribution in [2.45, 2.75) is 44.4 Å². The second-order valence-electron chi connectivity index (χ2n) is 5.07. The van der Waals surface area contributed by atoms with Crippen LogP contribution in [-0.2, 0) is 25.6 Å². The van der Waals surface area contributed by atoms with E-state index in [1.165, 1.54) is 0 Å². The minimum absolute atomic E-state index is 0.0332. The van der Waals surface area contributed by atoms with Crippen molar-refractivity contribution < 1.29 is 19.0 Å². The van der Waals surface area contributed by atoms with E-state index >= 15 is 0 Å². The minimum atomic E-state index is -0.819. The van der Waals surface area contributed by atoms with Crippen LogP contribution < -0.4 is 0 Å². The highest BCUT2D eigenvalue weighted by Crippen LogP contribution is 2.29. The van der Waals surface area contributed by atoms with Crippen LogP contribution in [0.3, 0.4) is 0 Å². The van der Waals surface area contributed by atoms with Gasteiger partial charge in [0.15, 0.2) is 12.6 Å². The van der Waals surface area contributed by atoms with Crippen molar-refractivity contribution in [2.24, 2.45) is 0 Å². The van der Waals surface area contributed by atoms with E-state index in [1.807, 2.05) is 30.3 Å². The molecule has 1 aliphatic rings. The molecule has 1 fully saturated rings. The molecule has 4 heteroatoms. The van der Waals surface area contributed by atoms with Gasteiger partial charge >= 0.3 is 0 Å². The van der Waals surface area contributed by atoms with Gasteiger partial charge in [-0.15, -0.1) is 0 Å². The maximum atomic E-state index is 11.1. The van der Waals surface area contributed by atoms with Gasteiger partial charge in [0.2, 0.25) is 0 Å². The van der Waals surface area contributed by atoms with E-state index in [0.717, 1.165) is 11.8 Å². The molecule has 1 aromatic rings. The monoisotopic (exact) mass is 264 g/mol. The third-order valence-corrected chi connectivity index (χ3v) is 3.33. The first kappa shape index (κ1) is 14.2. The van der Waals surface area contributed by atoms with Crippen LogP contribution in [0.15, 0.2) is 30.3 Å². The molecule has 0 unspecified atom stereocenters. The van der Waals surface area contributed by atoms with Gasteiger partial charge in [-0.2, -0.15) is 0 Å². The van der Waals surface area contributed by atoms with Crippen LogP contribution in [0.5, 0.6) is 0 Å². The molecule has 1 aromatic carbocycles. The topological polar surface area (TPSA) is 44.8 Å². The van der Waals surface area contributed by atoms with E-state index in [-0.39, 0.29) is 12.4 Å². The Hall–Kier alpha value is -1.23. The van der Waals surface area contributed by atoms with Crippen LogP contribution in [-0.4, -0.2) is 31.4 Å². The van der Waals surface area contributed by atoms with Crippen molar-refractivity contribution in [3.05, 3.63) is 35.9 Å². The van der Waals surface area contributed by atoms with E-state index in [1.54, 1.807) is 14.0 Å². The summed E-state index contributed by atoms with van der Waals surface area (Å²) < 4.78 is 16.7. The quantitative estimate of drug-likeness (QED) is 0.766. The Bertz CT molecular complexity index is 406. The van der Waals surface area contributed by atoms with Gasteiger partial charge in [-0.1, -0.05) is 30.3 Å². The molecule has 104 valence electrons. The summed E-state index contributed by atoms with van der Waals surface area (Å²) in [7, 11) is 1.58. The first-order chi connectivity index (χ1) is 9.15. The smallest absolute Gasteiger partial charge is 0.161 e. The fourth-order valence-electron chi connectivity index (χ4n) is 2.28. The van der Waals surface area contributed by atoms with Gasteiger partial charge in [-0.25, -0.2) is 0 Å². The maximum Gasteiger partial charge on any atom is 0.161 e. The van der Waals surface area contributed by atoms with E-state index in [4.69, 9.17) is 14.2 Å². The molecule has 19 heavy (non-hydrogen) atoms. The van der Waals surface area contributed by atoms with E-state index in [9.17, 15) is 4.79 Å². The molecule has 0 bridgehead atoms. The zero-order chi connectivity index (χ0) is 13.7. The van der Waals surface area contributed by atoms with Gasteiger partial charge in [-0.3, -0.25) is 0 Å². The van der Waals surface area contributed by atoms with Gasteiger partial charge < -0.3 is 19.0 Å². The molecule has 0 amide bonds. The Labute approximate surface area is 113 Å². The SMILES string of the molecule is CO[C@@H]1C[C@@H](OCc2ccccc2)C[C@@](C)(C=O)O1. The van der Waals surface area contributed by atoms with Crippen molar-refractivity contribution in [1.82, 2.24) is 0 Å². The highest BCUT2D eigenvalue weighted by molar-refractivity contribution is 5.62. The van der Waals surface area contributed by atoms with Gasteiger partial charge in [0.25, 0.3) is 0 Å². The number of aldehydes is 1. The Kier molecular flexibility index (Phi) is 4.69. The zero-order valence-corrected chi connectivity index (χ0v) is 11.4. The number of rotatable bonds is 5. The number of carbonyl (C=O) groups excluding carboxylic acids is 1. The summed E-state index contributed by atoms with van der Waals surface area (Å²) in [6.45, 7) is 2.31. The lowest BCUT2D eigenvalue weighted by molar-refractivity contribution is -0.238. The third kappa shape index (κ3) is 3.86. The van der Waals surface area contributed by atoms with Crippen LogP contribution in [0.25, 0.3) is 0 Å². The van der Waals surface area contributed by atoms with E-state index < -0.39 is 5.60 Å². The molecule has 0 saturated carbocycles. The molecule has 0 radical (unpaired) electrons. The van der Waals surface area contributed by atoms with Gasteiger partial charge in [-0.05, 0) is 12.5 Å². The van der Waals surface area contributed by atoms with Crippen LogP contribution >= 0.6 is 0 Å². The molecular weight excluding hydrogens is 244 g/mol. The molecule has 4 nitrogen and oxygen atoms in total. The van der Waals surface area contributed by atoms with Crippen molar-refractivity contribution in [2.75, 3.05) is 7.11 Å². The Morgan fingerprint density at radius 2 is 2.16 bits per heavy atom. The number of benzene rings is 1. The van der Waals surface area contributed by atoms with Gasteiger partial charge in [0.1, 0.15) is 5.60 Å². The first-order valence-electron chi connectivity index (χ1n) is 6.48. The summed E-state index contributed by atoms with van der Waals surface area (Å²) in [4.78, 5) is 11.1. The lowest BCUT2D eigenvalue weighted by Crippen LogP contribution is -2.46. The molecule has 0 aromatic heterocycles. The van der Waals surface area contributed by atoms with Crippen LogP contribution in [0.4, 0.5) is 0 Å². The fourth-order valence-corrected chi connectivity index (χ4v) is 2.28. The maximum absolute atomic E-state index is 11.1. The minimum Gasteiger partial charge on any atom is -0.373 e. The average molecular weight is 264 g/mol. The number of carbonyl (C=O) groups is 1. The molecular formula is C15H20O4. The lowest BCUT2D eigenvalue weighted by Gasteiger charge is -2.38. The van der Waals surface area contributed by atoms with Gasteiger partial charge in [0, 0.05) is 20.0 Å². The normalized spacial score (nSPS) is 31.1. The molecule has 1 saturated heterocycles. The van der Waals surface area contributed by atoms with Gasteiger partial charge in [0.05, 0.1) is 12.7 Å². The zero-order valence-electron chi connectivity index (χ0n) is 11.4. The number of hydrogen-bond donors (Lipinski definition) is 0. The standard InChI is InChI=1S/C15H20O4/c1-15(11-16)9-13(8-14(17-2)19-15)18-10-12-6-4-3-5-7-12/h3-7,11,13-14H,8-10H2,1-2H3/t13-,14+,15+/m1/s1.